The van der Waals surface area contributed by atoms with Crippen LogP contribution in [0.5, 0.6) is 11.5 Å². The third kappa shape index (κ3) is 7.68. The van der Waals surface area contributed by atoms with Gasteiger partial charge in [0.2, 0.25) is 0 Å². The van der Waals surface area contributed by atoms with Gasteiger partial charge in [-0.3, -0.25) is 4.99 Å². The van der Waals surface area contributed by atoms with E-state index >= 15 is 0 Å². The molecule has 0 spiro atoms. The molecule has 12 heteroatoms. The summed E-state index contributed by atoms with van der Waals surface area (Å²) in [5.41, 5.74) is 0.128. The van der Waals surface area contributed by atoms with Crippen LogP contribution in [0.2, 0.25) is 0 Å². The normalized spacial score (nSPS) is 12.9. The fourth-order valence-corrected chi connectivity index (χ4v) is 3.49. The van der Waals surface area contributed by atoms with Crippen molar-refractivity contribution in [3.8, 4) is 11.5 Å². The van der Waals surface area contributed by atoms with E-state index in [9.17, 15) is 13.2 Å². The van der Waals surface area contributed by atoms with Crippen LogP contribution in [0, 0.1) is 0 Å². The largest absolute Gasteiger partial charge is 0.493 e. The number of nitrogens with zero attached hydrogens (tertiary/aromatic N) is 3. The molecule has 0 aliphatic heterocycles. The van der Waals surface area contributed by atoms with Crippen LogP contribution in [-0.4, -0.2) is 57.8 Å². The van der Waals surface area contributed by atoms with Crippen molar-refractivity contribution in [2.45, 2.75) is 18.8 Å². The van der Waals surface area contributed by atoms with Gasteiger partial charge in [-0.15, -0.1) is 35.3 Å². The van der Waals surface area contributed by atoms with Gasteiger partial charge in [0.15, 0.2) is 23.2 Å². The molecule has 0 saturated carbocycles. The third-order valence-electron chi connectivity index (χ3n) is 4.35. The van der Waals surface area contributed by atoms with Gasteiger partial charge in [-0.05, 0) is 31.8 Å². The summed E-state index contributed by atoms with van der Waals surface area (Å²) >= 11 is 0.952. The van der Waals surface area contributed by atoms with E-state index in [2.05, 4.69) is 20.6 Å². The van der Waals surface area contributed by atoms with Crippen molar-refractivity contribution in [2.24, 2.45) is 4.99 Å². The van der Waals surface area contributed by atoms with Gasteiger partial charge in [-0.2, -0.15) is 13.2 Å². The number of aromatic nitrogens is 1. The lowest BCUT2D eigenvalue weighted by Gasteiger charge is -2.26. The molecule has 0 amide bonds. The summed E-state index contributed by atoms with van der Waals surface area (Å²) in [4.78, 5) is 9.78. The highest BCUT2D eigenvalue weighted by molar-refractivity contribution is 14.0. The van der Waals surface area contributed by atoms with Crippen molar-refractivity contribution >= 4 is 41.3 Å². The van der Waals surface area contributed by atoms with Crippen LogP contribution < -0.4 is 20.1 Å². The molecule has 31 heavy (non-hydrogen) atoms. The molecule has 0 saturated heterocycles. The predicted octanol–water partition coefficient (Wildman–Crippen LogP) is 3.77. The number of rotatable bonds is 8. The van der Waals surface area contributed by atoms with Gasteiger partial charge in [-0.1, -0.05) is 6.07 Å². The number of guanidine groups is 1. The fraction of sp³-hybridized carbons (Fsp3) is 0.474. The minimum absolute atomic E-state index is 0. The van der Waals surface area contributed by atoms with E-state index in [0.29, 0.717) is 29.0 Å². The van der Waals surface area contributed by atoms with Crippen molar-refractivity contribution in [1.29, 1.82) is 0 Å². The number of methoxy groups -OCH3 is 2. The summed E-state index contributed by atoms with van der Waals surface area (Å²) in [5.74, 6) is 1.74. The van der Waals surface area contributed by atoms with E-state index < -0.39 is 11.9 Å². The molecule has 0 bridgehead atoms. The number of hydrogen-bond acceptors (Lipinski definition) is 6. The quantitative estimate of drug-likeness (QED) is 0.285. The van der Waals surface area contributed by atoms with Crippen molar-refractivity contribution in [3.63, 3.8) is 0 Å². The van der Waals surface area contributed by atoms with Crippen LogP contribution in [0.25, 0.3) is 0 Å². The first-order valence-electron chi connectivity index (χ1n) is 9.04. The summed E-state index contributed by atoms with van der Waals surface area (Å²) in [6.07, 6.45) is -4.44. The lowest BCUT2D eigenvalue weighted by atomic mass is 10.1. The number of likely N-dealkylation sites (N-methyl/N-ethyl adjacent to an activating group) is 1. The van der Waals surface area contributed by atoms with Crippen molar-refractivity contribution in [1.82, 2.24) is 20.5 Å². The number of nitrogens with one attached hydrogen (secondary N) is 2. The summed E-state index contributed by atoms with van der Waals surface area (Å²) in [6, 6.07) is 5.70. The first-order valence-corrected chi connectivity index (χ1v) is 9.92. The Morgan fingerprint density at radius 2 is 1.87 bits per heavy atom. The minimum atomic E-state index is -4.44. The summed E-state index contributed by atoms with van der Waals surface area (Å²) in [7, 11) is 8.66. The number of halogens is 4. The minimum Gasteiger partial charge on any atom is -0.493 e. The number of aliphatic imine (C=N–C) groups is 1. The molecule has 7 nitrogen and oxygen atoms in total. The van der Waals surface area contributed by atoms with Crippen LogP contribution in [0.4, 0.5) is 13.2 Å². The molecule has 2 N–H and O–H groups in total. The van der Waals surface area contributed by atoms with Gasteiger partial charge in [0.05, 0.1) is 26.8 Å². The monoisotopic (exact) mass is 573 g/mol. The molecule has 0 aliphatic carbocycles. The van der Waals surface area contributed by atoms with Crippen LogP contribution in [0.1, 0.15) is 22.3 Å². The Kier molecular flexibility index (Phi) is 10.8. The van der Waals surface area contributed by atoms with E-state index in [4.69, 9.17) is 9.47 Å². The molecule has 1 aromatic heterocycles. The highest BCUT2D eigenvalue weighted by Gasteiger charge is 2.33. The number of alkyl halides is 3. The predicted molar refractivity (Wildman–Crippen MR) is 127 cm³/mol. The molecule has 174 valence electrons. The highest BCUT2D eigenvalue weighted by atomic mass is 127. The first-order chi connectivity index (χ1) is 14.2. The molecular formula is C19H27F3IN5O2S. The zero-order valence-electron chi connectivity index (χ0n) is 17.9. The molecule has 0 radical (unpaired) electrons. The number of ether oxygens (including phenoxy) is 2. The molecule has 2 aromatic rings. The second-order valence-corrected chi connectivity index (χ2v) is 7.47. The Labute approximate surface area is 201 Å². The molecule has 0 fully saturated rings. The van der Waals surface area contributed by atoms with Crippen LogP contribution in [0.3, 0.4) is 0 Å². The van der Waals surface area contributed by atoms with Crippen molar-refractivity contribution in [3.05, 3.63) is 39.8 Å². The van der Waals surface area contributed by atoms with Gasteiger partial charge in [0.25, 0.3) is 0 Å². The molecule has 1 unspecified atom stereocenters. The van der Waals surface area contributed by atoms with E-state index in [-0.39, 0.29) is 36.6 Å². The van der Waals surface area contributed by atoms with E-state index in [0.717, 1.165) is 22.3 Å². The van der Waals surface area contributed by atoms with Crippen LogP contribution >= 0.6 is 35.3 Å². The Balaban J connectivity index is 0.00000480. The number of hydrogen-bond donors (Lipinski definition) is 2. The van der Waals surface area contributed by atoms with Crippen molar-refractivity contribution in [2.75, 3.05) is 41.9 Å². The van der Waals surface area contributed by atoms with Gasteiger partial charge >= 0.3 is 6.18 Å². The van der Waals surface area contributed by atoms with E-state index in [1.54, 1.807) is 21.3 Å². The smallest absolute Gasteiger partial charge is 0.434 e. The lowest BCUT2D eigenvalue weighted by Crippen LogP contribution is -2.41. The Morgan fingerprint density at radius 1 is 1.19 bits per heavy atom. The van der Waals surface area contributed by atoms with Crippen molar-refractivity contribution < 1.29 is 22.6 Å². The summed E-state index contributed by atoms with van der Waals surface area (Å²) < 4.78 is 48.7. The van der Waals surface area contributed by atoms with E-state index in [1.165, 1.54) is 0 Å². The summed E-state index contributed by atoms with van der Waals surface area (Å²) in [5, 5.41) is 7.53. The fourth-order valence-electron chi connectivity index (χ4n) is 2.75. The first kappa shape index (κ1) is 27.2. The molecule has 1 heterocycles. The van der Waals surface area contributed by atoms with Gasteiger partial charge < -0.3 is 25.0 Å². The lowest BCUT2D eigenvalue weighted by molar-refractivity contribution is -0.140. The third-order valence-corrected chi connectivity index (χ3v) is 5.20. The van der Waals surface area contributed by atoms with Gasteiger partial charge in [0, 0.05) is 19.0 Å². The standard InChI is InChI=1S/C19H26F3N5O2S.HI/c1-23-18(25-10-17-26-16(11-30-17)19(20,21)22)24-9-13(27(2)3)12-6-7-14(28-4)15(8-12)29-5;/h6-8,11,13H,9-10H2,1-5H3,(H2,23,24,25);1H. The second kappa shape index (κ2) is 12.3. The SMILES string of the molecule is CN=C(NCc1nc(C(F)(F)F)cs1)NCC(c1ccc(OC)c(OC)c1)N(C)C.I. The highest BCUT2D eigenvalue weighted by Crippen LogP contribution is 2.31. The Hall–Kier alpha value is -1.80. The zero-order valence-corrected chi connectivity index (χ0v) is 21.1. The average Bonchev–Trinajstić information content (AvgIpc) is 3.19. The Bertz CT molecular complexity index is 861. The maximum absolute atomic E-state index is 12.7. The zero-order chi connectivity index (χ0) is 22.3. The van der Waals surface area contributed by atoms with E-state index in [1.807, 2.05) is 37.2 Å². The average molecular weight is 573 g/mol. The van der Waals surface area contributed by atoms with Crippen LogP contribution in [-0.2, 0) is 12.7 Å². The number of benzene rings is 1. The van der Waals surface area contributed by atoms with Gasteiger partial charge in [-0.25, -0.2) is 4.98 Å². The summed E-state index contributed by atoms with van der Waals surface area (Å²) in [6.45, 7) is 0.650. The molecule has 2 rings (SSSR count). The topological polar surface area (TPSA) is 71.0 Å². The molecule has 1 aromatic carbocycles. The van der Waals surface area contributed by atoms with Crippen LogP contribution in [0.15, 0.2) is 28.6 Å². The molecular weight excluding hydrogens is 546 g/mol. The molecule has 0 aliphatic rings. The Morgan fingerprint density at radius 3 is 2.39 bits per heavy atom. The maximum Gasteiger partial charge on any atom is 0.434 e. The molecule has 1 atom stereocenters. The van der Waals surface area contributed by atoms with Gasteiger partial charge in [0.1, 0.15) is 5.01 Å². The second-order valence-electron chi connectivity index (χ2n) is 6.52. The number of thiazole rings is 1. The maximum atomic E-state index is 12.7.